The standard InChI is InChI=1S/C3H6F6N4O.ClHO4/c1-2(10)14-3(11(4)5,12(6)7)13(8)9;2-1(3,4)5/h2H,10H2,1H3;(H,2,3,4,5). The van der Waals surface area contributed by atoms with Gasteiger partial charge in [-0.25, -0.2) is 0 Å². The molecule has 0 spiro atoms. The molecular formula is C3H7ClF6N4O5. The number of hydrogen-bond acceptors (Lipinski definition) is 9. The summed E-state index contributed by atoms with van der Waals surface area (Å²) in [6, 6.07) is 0. The van der Waals surface area contributed by atoms with Gasteiger partial charge in [-0.15, -0.1) is 0 Å². The van der Waals surface area contributed by atoms with Crippen molar-refractivity contribution in [1.82, 2.24) is 16.0 Å². The third-order valence-corrected chi connectivity index (χ3v) is 1.00. The molecular weight excluding hydrogens is 321 g/mol. The highest BCUT2D eigenvalue weighted by Gasteiger charge is 2.58. The van der Waals surface area contributed by atoms with E-state index in [0.29, 0.717) is 0 Å². The number of hydrogen-bond donors (Lipinski definition) is 2. The summed E-state index contributed by atoms with van der Waals surface area (Å²) in [5, 5.41) is -7.55. The van der Waals surface area contributed by atoms with Crippen molar-refractivity contribution in [3.05, 3.63) is 0 Å². The Morgan fingerprint density at radius 3 is 1.32 bits per heavy atom. The molecule has 0 amide bonds. The fraction of sp³-hybridized carbons (Fsp3) is 1.00. The zero-order chi connectivity index (χ0) is 16.0. The van der Waals surface area contributed by atoms with Crippen LogP contribution in [0.3, 0.4) is 0 Å². The molecule has 0 aromatic heterocycles. The first-order valence-corrected chi connectivity index (χ1v) is 4.93. The minimum Gasteiger partial charge on any atom is -0.306 e. The highest BCUT2D eigenvalue weighted by atomic mass is 35.7. The fourth-order valence-corrected chi connectivity index (χ4v) is 0.540. The van der Waals surface area contributed by atoms with Crippen LogP contribution in [-0.4, -0.2) is 32.9 Å². The lowest BCUT2D eigenvalue weighted by molar-refractivity contribution is -1.92. The highest BCUT2D eigenvalue weighted by molar-refractivity contribution is 4.56. The summed E-state index contributed by atoms with van der Waals surface area (Å²) in [6.45, 7) is 0.825. The van der Waals surface area contributed by atoms with E-state index in [1.54, 1.807) is 0 Å². The molecule has 3 N–H and O–H groups in total. The minimum atomic E-state index is -4.69. The van der Waals surface area contributed by atoms with Crippen LogP contribution in [0.2, 0.25) is 0 Å². The third kappa shape index (κ3) is 8.31. The van der Waals surface area contributed by atoms with Gasteiger partial charge in [0.05, 0.1) is 30.9 Å². The van der Waals surface area contributed by atoms with Crippen LogP contribution in [0.25, 0.3) is 0 Å². The second-order valence-electron chi connectivity index (χ2n) is 2.49. The van der Waals surface area contributed by atoms with Gasteiger partial charge < -0.3 is 10.5 Å². The Morgan fingerprint density at radius 1 is 1.05 bits per heavy atom. The number of nitrogens with two attached hydrogens (primary N) is 1. The van der Waals surface area contributed by atoms with Crippen molar-refractivity contribution in [2.45, 2.75) is 19.1 Å². The Labute approximate surface area is 102 Å². The maximum Gasteiger partial charge on any atom is 0.411 e. The van der Waals surface area contributed by atoms with Crippen molar-refractivity contribution in [2.24, 2.45) is 5.73 Å². The summed E-state index contributed by atoms with van der Waals surface area (Å²) in [4.78, 5) is 0. The number of ether oxygens (including phenoxy) is 1. The normalized spacial score (nSPS) is 14.7. The average Bonchev–Trinajstić information content (AvgIpc) is 2.08. The van der Waals surface area contributed by atoms with E-state index in [4.69, 9.17) is 18.6 Å². The molecule has 9 nitrogen and oxygen atoms in total. The molecule has 0 bridgehead atoms. The van der Waals surface area contributed by atoms with E-state index in [9.17, 15) is 26.9 Å². The Kier molecular flexibility index (Phi) is 8.71. The van der Waals surface area contributed by atoms with Crippen LogP contribution in [0.1, 0.15) is 6.92 Å². The smallest absolute Gasteiger partial charge is 0.306 e. The summed E-state index contributed by atoms with van der Waals surface area (Å²) in [7, 11) is -4.69. The van der Waals surface area contributed by atoms with E-state index in [1.165, 1.54) is 0 Å². The van der Waals surface area contributed by atoms with Gasteiger partial charge in [0, 0.05) is 0 Å². The van der Waals surface area contributed by atoms with Gasteiger partial charge in [0.15, 0.2) is 0 Å². The molecule has 0 aliphatic carbocycles. The first-order valence-electron chi connectivity index (χ1n) is 3.67. The van der Waals surface area contributed by atoms with Crippen molar-refractivity contribution in [1.29, 1.82) is 0 Å². The summed E-state index contributed by atoms with van der Waals surface area (Å²) in [5.41, 5.74) is 4.69. The molecule has 0 saturated heterocycles. The molecule has 19 heavy (non-hydrogen) atoms. The SMILES string of the molecule is CC(N)OC(N(F)F)(N(F)F)N(F)F.[O-][Cl+3]([O-])([O-])O. The van der Waals surface area contributed by atoms with Crippen LogP contribution in [0.5, 0.6) is 0 Å². The van der Waals surface area contributed by atoms with Gasteiger partial charge >= 0.3 is 5.97 Å². The van der Waals surface area contributed by atoms with E-state index in [1.807, 2.05) is 0 Å². The van der Waals surface area contributed by atoms with Gasteiger partial charge in [0.25, 0.3) is 0 Å². The van der Waals surface area contributed by atoms with Crippen molar-refractivity contribution in [3.63, 3.8) is 0 Å². The Bertz CT molecular complexity index is 226. The lowest BCUT2D eigenvalue weighted by Gasteiger charge is -2.32. The van der Waals surface area contributed by atoms with Gasteiger partial charge in [0.1, 0.15) is 6.23 Å². The molecule has 1 unspecified atom stereocenters. The van der Waals surface area contributed by atoms with Crippen molar-refractivity contribution in [3.8, 4) is 0 Å². The summed E-state index contributed by atoms with van der Waals surface area (Å²) in [5.74, 6) is -4.60. The monoisotopic (exact) mass is 328 g/mol. The first kappa shape index (κ1) is 20.8. The van der Waals surface area contributed by atoms with E-state index in [0.717, 1.165) is 6.92 Å². The molecule has 0 heterocycles. The maximum absolute atomic E-state index is 11.8. The number of nitrogens with zero attached hydrogens (tertiary/aromatic N) is 3. The first-order chi connectivity index (χ1) is 8.25. The maximum atomic E-state index is 11.8. The third-order valence-electron chi connectivity index (χ3n) is 1.00. The largest absolute Gasteiger partial charge is 0.411 e. The van der Waals surface area contributed by atoms with Crippen LogP contribution in [0.4, 0.5) is 26.9 Å². The Morgan fingerprint density at radius 2 is 1.26 bits per heavy atom. The second kappa shape index (κ2) is 7.94. The lowest BCUT2D eigenvalue weighted by atomic mass is 10.6. The molecule has 0 aromatic carbocycles. The van der Waals surface area contributed by atoms with Gasteiger partial charge in [-0.1, -0.05) is 26.9 Å². The van der Waals surface area contributed by atoms with Gasteiger partial charge in [0.2, 0.25) is 0 Å². The molecule has 0 rings (SSSR count). The molecule has 0 fully saturated rings. The van der Waals surface area contributed by atoms with Gasteiger partial charge in [-0.2, -0.15) is 14.0 Å². The fourth-order valence-electron chi connectivity index (χ4n) is 0.540. The quantitative estimate of drug-likeness (QED) is 0.308. The summed E-state index contributed by atoms with van der Waals surface area (Å²) in [6.07, 6.45) is -1.76. The molecule has 0 aliphatic heterocycles. The van der Waals surface area contributed by atoms with Gasteiger partial charge in [-0.3, -0.25) is 0 Å². The molecule has 0 saturated carbocycles. The van der Waals surface area contributed by atoms with Crippen LogP contribution >= 0.6 is 0 Å². The molecule has 0 aromatic rings. The van der Waals surface area contributed by atoms with Crippen molar-refractivity contribution in [2.75, 3.05) is 0 Å². The molecule has 118 valence electrons. The number of rotatable bonds is 5. The molecule has 16 heteroatoms. The highest BCUT2D eigenvalue weighted by Crippen LogP contribution is 2.30. The molecule has 0 aliphatic rings. The zero-order valence-corrected chi connectivity index (χ0v) is 9.48. The van der Waals surface area contributed by atoms with Gasteiger partial charge in [-0.05, 0) is 6.92 Å². The summed E-state index contributed by atoms with van der Waals surface area (Å²) < 4.78 is 107. The zero-order valence-electron chi connectivity index (χ0n) is 8.72. The second-order valence-corrected chi connectivity index (χ2v) is 3.28. The van der Waals surface area contributed by atoms with Crippen LogP contribution in [-0.2, 0) is 4.74 Å². The van der Waals surface area contributed by atoms with E-state index in [2.05, 4.69) is 10.5 Å². The summed E-state index contributed by atoms with van der Waals surface area (Å²) >= 11 is 0. The Balaban J connectivity index is 0. The lowest BCUT2D eigenvalue weighted by Crippen LogP contribution is -2.60. The predicted molar refractivity (Wildman–Crippen MR) is 31.8 cm³/mol. The van der Waals surface area contributed by atoms with Crippen LogP contribution < -0.4 is 19.7 Å². The minimum absolute atomic E-state index is 0.825. The average molecular weight is 329 g/mol. The van der Waals surface area contributed by atoms with Crippen molar-refractivity contribution < 1.29 is 60.5 Å². The van der Waals surface area contributed by atoms with E-state index < -0.39 is 38.5 Å². The van der Waals surface area contributed by atoms with Crippen LogP contribution in [0.15, 0.2) is 0 Å². The van der Waals surface area contributed by atoms with E-state index >= 15 is 0 Å². The predicted octanol–water partition coefficient (Wildman–Crippen LogP) is -2.99. The Hall–Kier alpha value is -0.490. The topological polar surface area (TPSA) is 134 Å². The number of halogens is 7. The van der Waals surface area contributed by atoms with E-state index in [-0.39, 0.29) is 0 Å². The van der Waals surface area contributed by atoms with Crippen molar-refractivity contribution >= 4 is 0 Å². The molecule has 1 atom stereocenters. The van der Waals surface area contributed by atoms with Crippen LogP contribution in [0, 0.1) is 10.2 Å². The molecule has 0 radical (unpaired) electrons.